The van der Waals surface area contributed by atoms with E-state index in [2.05, 4.69) is 21.4 Å². The summed E-state index contributed by atoms with van der Waals surface area (Å²) >= 11 is -1.94. The molecular formula is C7H16OSn. The zero-order chi connectivity index (χ0) is 7.65. The second kappa shape index (κ2) is 3.06. The summed E-state index contributed by atoms with van der Waals surface area (Å²) in [6.45, 7) is 5.66. The fourth-order valence-corrected chi connectivity index (χ4v) is 4.20. The first kappa shape index (κ1) is 9.50. The standard InChI is InChI=1S/C4H7O.3CH3.Sn/c1-3-4(2)5;;;;/h4-5H,1H2,2H3;3*1H3;. The Morgan fingerprint density at radius 1 is 1.44 bits per heavy atom. The van der Waals surface area contributed by atoms with Gasteiger partial charge in [0.15, 0.2) is 0 Å². The first-order chi connectivity index (χ1) is 3.85. The molecule has 0 aromatic carbocycles. The van der Waals surface area contributed by atoms with E-state index in [1.807, 2.05) is 0 Å². The summed E-state index contributed by atoms with van der Waals surface area (Å²) in [6.07, 6.45) is -0.291. The molecular weight excluding hydrogens is 219 g/mol. The van der Waals surface area contributed by atoms with Gasteiger partial charge < -0.3 is 0 Å². The van der Waals surface area contributed by atoms with Gasteiger partial charge in [0.2, 0.25) is 0 Å². The second-order valence-corrected chi connectivity index (χ2v) is 18.1. The minimum atomic E-state index is -1.94. The average molecular weight is 235 g/mol. The van der Waals surface area contributed by atoms with E-state index in [4.69, 9.17) is 5.11 Å². The van der Waals surface area contributed by atoms with Crippen LogP contribution in [-0.2, 0) is 0 Å². The molecule has 0 aliphatic carbocycles. The second-order valence-electron chi connectivity index (χ2n) is 3.45. The van der Waals surface area contributed by atoms with E-state index in [0.717, 1.165) is 3.59 Å². The van der Waals surface area contributed by atoms with Crippen LogP contribution in [-0.4, -0.2) is 29.6 Å². The van der Waals surface area contributed by atoms with Gasteiger partial charge in [-0.2, -0.15) is 0 Å². The molecule has 0 rings (SSSR count). The van der Waals surface area contributed by atoms with Gasteiger partial charge in [0.05, 0.1) is 0 Å². The van der Waals surface area contributed by atoms with E-state index in [9.17, 15) is 0 Å². The predicted molar refractivity (Wildman–Crippen MR) is 44.2 cm³/mol. The van der Waals surface area contributed by atoms with Crippen LogP contribution in [0.4, 0.5) is 0 Å². The molecule has 0 bridgehead atoms. The van der Waals surface area contributed by atoms with Gasteiger partial charge in [-0.25, -0.2) is 0 Å². The first-order valence-electron chi connectivity index (χ1n) is 3.23. The molecule has 0 aliphatic rings. The normalized spacial score (nSPS) is 15.2. The molecule has 1 N–H and O–H groups in total. The molecule has 54 valence electrons. The van der Waals surface area contributed by atoms with Crippen molar-refractivity contribution in [2.24, 2.45) is 0 Å². The first-order valence-corrected chi connectivity index (χ1v) is 13.2. The molecule has 2 heteroatoms. The maximum atomic E-state index is 9.11. The Balaban J connectivity index is 4.06. The third kappa shape index (κ3) is 3.26. The molecule has 0 fully saturated rings. The number of aliphatic hydroxyl groups is 1. The average Bonchev–Trinajstić information content (AvgIpc) is 1.62. The summed E-state index contributed by atoms with van der Waals surface area (Å²) < 4.78 is 1.10. The third-order valence-electron chi connectivity index (χ3n) is 1.47. The molecule has 0 aliphatic heterocycles. The topological polar surface area (TPSA) is 20.2 Å². The summed E-state index contributed by atoms with van der Waals surface area (Å²) in [5.41, 5.74) is 0. The van der Waals surface area contributed by atoms with E-state index >= 15 is 0 Å². The van der Waals surface area contributed by atoms with Crippen LogP contribution in [0.15, 0.2) is 10.2 Å². The van der Waals surface area contributed by atoms with Gasteiger partial charge in [-0.1, -0.05) is 0 Å². The zero-order valence-corrected chi connectivity index (χ0v) is 9.59. The van der Waals surface area contributed by atoms with E-state index in [0.29, 0.717) is 0 Å². The van der Waals surface area contributed by atoms with Crippen molar-refractivity contribution in [3.8, 4) is 0 Å². The monoisotopic (exact) mass is 236 g/mol. The van der Waals surface area contributed by atoms with E-state index in [1.165, 1.54) is 0 Å². The van der Waals surface area contributed by atoms with Crippen LogP contribution >= 0.6 is 0 Å². The van der Waals surface area contributed by atoms with E-state index in [-0.39, 0.29) is 6.10 Å². The molecule has 9 heavy (non-hydrogen) atoms. The molecule has 0 saturated carbocycles. The summed E-state index contributed by atoms with van der Waals surface area (Å²) in [6, 6.07) is 0. The van der Waals surface area contributed by atoms with E-state index < -0.39 is 18.4 Å². The van der Waals surface area contributed by atoms with Crippen molar-refractivity contribution in [3.63, 3.8) is 0 Å². The summed E-state index contributed by atoms with van der Waals surface area (Å²) in [4.78, 5) is 6.76. The Kier molecular flexibility index (Phi) is 3.23. The van der Waals surface area contributed by atoms with Crippen molar-refractivity contribution in [1.82, 2.24) is 0 Å². The number of hydrogen-bond acceptors (Lipinski definition) is 1. The molecule has 0 spiro atoms. The molecule has 0 aromatic heterocycles. The molecule has 0 heterocycles. The van der Waals surface area contributed by atoms with Crippen LogP contribution in [0.5, 0.6) is 0 Å². The fraction of sp³-hybridized carbons (Fsp3) is 0.714. The van der Waals surface area contributed by atoms with Gasteiger partial charge in [-0.3, -0.25) is 0 Å². The quantitative estimate of drug-likeness (QED) is 0.723. The van der Waals surface area contributed by atoms with E-state index in [1.54, 1.807) is 6.92 Å². The summed E-state index contributed by atoms with van der Waals surface area (Å²) in [5, 5.41) is 9.11. The summed E-state index contributed by atoms with van der Waals surface area (Å²) in [5.74, 6) is 0. The number of hydrogen-bond donors (Lipinski definition) is 1. The number of rotatable bonds is 2. The molecule has 1 nitrogen and oxygen atoms in total. The van der Waals surface area contributed by atoms with Gasteiger partial charge in [0.25, 0.3) is 0 Å². The van der Waals surface area contributed by atoms with Gasteiger partial charge >= 0.3 is 61.5 Å². The predicted octanol–water partition coefficient (Wildman–Crippen LogP) is 1.80. The van der Waals surface area contributed by atoms with Gasteiger partial charge in [0, 0.05) is 0 Å². The van der Waals surface area contributed by atoms with Crippen LogP contribution in [0.1, 0.15) is 6.92 Å². The Bertz CT molecular complexity index is 111. The fourth-order valence-electron chi connectivity index (χ4n) is 0.627. The van der Waals surface area contributed by atoms with Crippen LogP contribution in [0.2, 0.25) is 14.8 Å². The number of aliphatic hydroxyl groups excluding tert-OH is 1. The SMILES string of the molecule is C=[C](C(C)O)[Sn]([CH3])([CH3])[CH3]. The Morgan fingerprint density at radius 2 is 1.78 bits per heavy atom. The van der Waals surface area contributed by atoms with Crippen molar-refractivity contribution < 1.29 is 5.11 Å². The van der Waals surface area contributed by atoms with Gasteiger partial charge in [0.1, 0.15) is 0 Å². The van der Waals surface area contributed by atoms with Crippen molar-refractivity contribution in [2.75, 3.05) is 0 Å². The van der Waals surface area contributed by atoms with Crippen LogP contribution in [0.25, 0.3) is 0 Å². The van der Waals surface area contributed by atoms with Gasteiger partial charge in [-0.05, 0) is 0 Å². The van der Waals surface area contributed by atoms with Crippen LogP contribution < -0.4 is 0 Å². The Hall–Kier alpha value is 0.499. The molecule has 0 saturated heterocycles. The minimum absolute atomic E-state index is 0.291. The van der Waals surface area contributed by atoms with Crippen molar-refractivity contribution in [1.29, 1.82) is 0 Å². The summed E-state index contributed by atoms with van der Waals surface area (Å²) in [7, 11) is 0. The molecule has 0 amide bonds. The van der Waals surface area contributed by atoms with Crippen molar-refractivity contribution >= 4 is 18.4 Å². The molecule has 1 atom stereocenters. The zero-order valence-electron chi connectivity index (χ0n) is 6.73. The van der Waals surface area contributed by atoms with Crippen molar-refractivity contribution in [2.45, 2.75) is 27.8 Å². The van der Waals surface area contributed by atoms with Crippen LogP contribution in [0, 0.1) is 0 Å². The Labute approximate surface area is 61.7 Å². The molecule has 0 aromatic rings. The third-order valence-corrected chi connectivity index (χ3v) is 8.16. The Morgan fingerprint density at radius 3 is 1.78 bits per heavy atom. The van der Waals surface area contributed by atoms with Crippen molar-refractivity contribution in [3.05, 3.63) is 10.2 Å². The maximum absolute atomic E-state index is 9.11. The van der Waals surface area contributed by atoms with Crippen LogP contribution in [0.3, 0.4) is 0 Å². The molecule has 0 radical (unpaired) electrons. The van der Waals surface area contributed by atoms with Gasteiger partial charge in [-0.15, -0.1) is 0 Å². The molecule has 1 unspecified atom stereocenters.